The van der Waals surface area contributed by atoms with Crippen molar-refractivity contribution in [3.63, 3.8) is 0 Å². The summed E-state index contributed by atoms with van der Waals surface area (Å²) in [6, 6.07) is 15.4. The summed E-state index contributed by atoms with van der Waals surface area (Å²) in [7, 11) is -3.72. The molecule has 2 heterocycles. The van der Waals surface area contributed by atoms with Crippen molar-refractivity contribution < 1.29 is 17.9 Å². The fraction of sp³-hybridized carbons (Fsp3) is 0.158. The second-order valence-corrected chi connectivity index (χ2v) is 8.71. The van der Waals surface area contributed by atoms with Gasteiger partial charge in [-0.15, -0.1) is 11.3 Å². The van der Waals surface area contributed by atoms with Crippen LogP contribution >= 0.6 is 11.3 Å². The SMILES string of the molecule is O=C1C(Oc2ccccc2)CCN1c1ccc(S(=O)(=O)Nc2nccs2)cc1. The van der Waals surface area contributed by atoms with Gasteiger partial charge in [-0.3, -0.25) is 9.52 Å². The fourth-order valence-electron chi connectivity index (χ4n) is 2.94. The molecule has 0 saturated carbocycles. The van der Waals surface area contributed by atoms with E-state index in [-0.39, 0.29) is 10.8 Å². The van der Waals surface area contributed by atoms with Crippen molar-refractivity contribution in [2.24, 2.45) is 0 Å². The molecule has 0 aliphatic carbocycles. The van der Waals surface area contributed by atoms with E-state index >= 15 is 0 Å². The van der Waals surface area contributed by atoms with Gasteiger partial charge in [0, 0.05) is 30.2 Å². The van der Waals surface area contributed by atoms with Crippen molar-refractivity contribution >= 4 is 38.1 Å². The first-order chi connectivity index (χ1) is 13.5. The maximum atomic E-state index is 12.7. The van der Waals surface area contributed by atoms with Crippen molar-refractivity contribution in [2.45, 2.75) is 17.4 Å². The molecule has 2 aromatic carbocycles. The quantitative estimate of drug-likeness (QED) is 0.668. The zero-order chi connectivity index (χ0) is 19.6. The molecule has 28 heavy (non-hydrogen) atoms. The van der Waals surface area contributed by atoms with Gasteiger partial charge in [0.25, 0.3) is 15.9 Å². The lowest BCUT2D eigenvalue weighted by Crippen LogP contribution is -2.32. The first kappa shape index (κ1) is 18.5. The Morgan fingerprint density at radius 2 is 1.86 bits per heavy atom. The third-order valence-corrected chi connectivity index (χ3v) is 6.46. The molecule has 9 heteroatoms. The number of ether oxygens (including phenoxy) is 1. The number of hydrogen-bond donors (Lipinski definition) is 1. The van der Waals surface area contributed by atoms with Crippen LogP contribution in [0.25, 0.3) is 0 Å². The van der Waals surface area contributed by atoms with E-state index in [1.54, 1.807) is 22.4 Å². The Labute approximate surface area is 166 Å². The van der Waals surface area contributed by atoms with Gasteiger partial charge in [-0.25, -0.2) is 13.4 Å². The van der Waals surface area contributed by atoms with E-state index in [9.17, 15) is 13.2 Å². The lowest BCUT2D eigenvalue weighted by Gasteiger charge is -2.17. The number of carbonyl (C=O) groups excluding carboxylic acids is 1. The average molecular weight is 415 g/mol. The first-order valence-electron chi connectivity index (χ1n) is 8.58. The number of nitrogens with zero attached hydrogens (tertiary/aromatic N) is 2. The summed E-state index contributed by atoms with van der Waals surface area (Å²) < 4.78 is 33.0. The van der Waals surface area contributed by atoms with Crippen molar-refractivity contribution in [3.05, 3.63) is 66.2 Å². The Morgan fingerprint density at radius 1 is 1.11 bits per heavy atom. The number of benzene rings is 2. The normalized spacial score (nSPS) is 16.9. The molecule has 7 nitrogen and oxygen atoms in total. The molecule has 1 amide bonds. The number of rotatable bonds is 6. The molecule has 1 aliphatic heterocycles. The van der Waals surface area contributed by atoms with Crippen LogP contribution in [0.5, 0.6) is 5.75 Å². The highest BCUT2D eigenvalue weighted by Gasteiger charge is 2.34. The van der Waals surface area contributed by atoms with E-state index in [1.807, 2.05) is 30.3 Å². The Bertz CT molecular complexity index is 1050. The number of para-hydroxylation sites is 1. The van der Waals surface area contributed by atoms with Gasteiger partial charge in [0.05, 0.1) is 4.90 Å². The van der Waals surface area contributed by atoms with Crippen LogP contribution in [0, 0.1) is 0 Å². The summed E-state index contributed by atoms with van der Waals surface area (Å²) in [5, 5.41) is 1.99. The minimum atomic E-state index is -3.72. The number of hydrogen-bond acceptors (Lipinski definition) is 6. The molecule has 1 aliphatic rings. The van der Waals surface area contributed by atoms with Crippen molar-refractivity contribution in [3.8, 4) is 5.75 Å². The third kappa shape index (κ3) is 3.85. The molecule has 1 N–H and O–H groups in total. The fourth-order valence-corrected chi connectivity index (χ4v) is 4.72. The van der Waals surface area contributed by atoms with E-state index in [0.717, 1.165) is 0 Å². The zero-order valence-electron chi connectivity index (χ0n) is 14.7. The Hall–Kier alpha value is -2.91. The highest BCUT2D eigenvalue weighted by molar-refractivity contribution is 7.93. The number of anilines is 2. The molecule has 4 rings (SSSR count). The maximum absolute atomic E-state index is 12.7. The second-order valence-electron chi connectivity index (χ2n) is 6.13. The van der Waals surface area contributed by atoms with Crippen LogP contribution in [0.4, 0.5) is 10.8 Å². The molecular formula is C19H17N3O4S2. The summed E-state index contributed by atoms with van der Waals surface area (Å²) in [6.07, 6.45) is 1.55. The van der Waals surface area contributed by atoms with Crippen LogP contribution in [0.15, 0.2) is 71.1 Å². The van der Waals surface area contributed by atoms with Crippen molar-refractivity contribution in [1.82, 2.24) is 4.98 Å². The van der Waals surface area contributed by atoms with E-state index < -0.39 is 16.1 Å². The van der Waals surface area contributed by atoms with Gasteiger partial charge in [-0.1, -0.05) is 18.2 Å². The molecule has 144 valence electrons. The Kier molecular flexibility index (Phi) is 5.01. The van der Waals surface area contributed by atoms with Crippen molar-refractivity contribution in [2.75, 3.05) is 16.2 Å². The van der Waals surface area contributed by atoms with Crippen LogP contribution in [0.3, 0.4) is 0 Å². The summed E-state index contributed by atoms with van der Waals surface area (Å²) in [6.45, 7) is 0.514. The molecule has 3 aromatic rings. The number of nitrogens with one attached hydrogen (secondary N) is 1. The van der Waals surface area contributed by atoms with Gasteiger partial charge in [-0.05, 0) is 36.4 Å². The van der Waals surface area contributed by atoms with Crippen LogP contribution in [-0.4, -0.2) is 32.0 Å². The first-order valence-corrected chi connectivity index (χ1v) is 10.9. The molecule has 1 atom stereocenters. The lowest BCUT2D eigenvalue weighted by molar-refractivity contribution is -0.122. The van der Waals surface area contributed by atoms with E-state index in [0.29, 0.717) is 29.5 Å². The number of aromatic nitrogens is 1. The number of carbonyl (C=O) groups is 1. The summed E-state index contributed by atoms with van der Waals surface area (Å²) in [4.78, 5) is 18.3. The van der Waals surface area contributed by atoms with E-state index in [2.05, 4.69) is 9.71 Å². The average Bonchev–Trinajstić information content (AvgIpc) is 3.33. The van der Waals surface area contributed by atoms with E-state index in [1.165, 1.54) is 29.7 Å². The highest BCUT2D eigenvalue weighted by atomic mass is 32.2. The molecule has 1 unspecified atom stereocenters. The largest absolute Gasteiger partial charge is 0.481 e. The predicted octanol–water partition coefficient (Wildman–Crippen LogP) is 3.13. The van der Waals surface area contributed by atoms with E-state index in [4.69, 9.17) is 4.74 Å². The highest BCUT2D eigenvalue weighted by Crippen LogP contribution is 2.26. The zero-order valence-corrected chi connectivity index (χ0v) is 16.3. The number of sulfonamides is 1. The lowest BCUT2D eigenvalue weighted by atomic mass is 10.3. The molecule has 1 aromatic heterocycles. The van der Waals surface area contributed by atoms with Gasteiger partial charge in [0.2, 0.25) is 0 Å². The molecule has 0 radical (unpaired) electrons. The van der Waals surface area contributed by atoms with Crippen LogP contribution in [-0.2, 0) is 14.8 Å². The maximum Gasteiger partial charge on any atom is 0.268 e. The second kappa shape index (κ2) is 7.61. The molecule has 0 bridgehead atoms. The molecular weight excluding hydrogens is 398 g/mol. The summed E-state index contributed by atoms with van der Waals surface area (Å²) >= 11 is 1.20. The van der Waals surface area contributed by atoms with Gasteiger partial charge in [0.1, 0.15) is 5.75 Å². The van der Waals surface area contributed by atoms with Gasteiger partial charge in [0.15, 0.2) is 11.2 Å². The van der Waals surface area contributed by atoms with Crippen molar-refractivity contribution in [1.29, 1.82) is 0 Å². The topological polar surface area (TPSA) is 88.6 Å². The molecule has 0 spiro atoms. The Balaban J connectivity index is 1.46. The minimum absolute atomic E-state index is 0.107. The van der Waals surface area contributed by atoms with Gasteiger partial charge >= 0.3 is 0 Å². The van der Waals surface area contributed by atoms with Crippen LogP contribution in [0.2, 0.25) is 0 Å². The van der Waals surface area contributed by atoms with Gasteiger partial charge < -0.3 is 9.64 Å². The monoisotopic (exact) mass is 415 g/mol. The summed E-state index contributed by atoms with van der Waals surface area (Å²) in [5.74, 6) is 0.512. The van der Waals surface area contributed by atoms with Crippen LogP contribution in [0.1, 0.15) is 6.42 Å². The number of thiazole rings is 1. The smallest absolute Gasteiger partial charge is 0.268 e. The van der Waals surface area contributed by atoms with Gasteiger partial charge in [-0.2, -0.15) is 0 Å². The van der Waals surface area contributed by atoms with Crippen LogP contribution < -0.4 is 14.4 Å². The third-order valence-electron chi connectivity index (χ3n) is 4.29. The Morgan fingerprint density at radius 3 is 2.54 bits per heavy atom. The standard InChI is InChI=1S/C19H17N3O4S2/c23-18-17(26-15-4-2-1-3-5-15)10-12-22(18)14-6-8-16(9-7-14)28(24,25)21-19-20-11-13-27-19/h1-9,11,13,17H,10,12H2,(H,20,21). The molecule has 1 saturated heterocycles. The number of amides is 1. The minimum Gasteiger partial charge on any atom is -0.481 e. The predicted molar refractivity (Wildman–Crippen MR) is 107 cm³/mol. The summed E-state index contributed by atoms with van der Waals surface area (Å²) in [5.41, 5.74) is 0.636. The molecule has 1 fully saturated rings.